The highest BCUT2D eigenvalue weighted by molar-refractivity contribution is 7.79. The van der Waals surface area contributed by atoms with Crippen LogP contribution in [0.2, 0.25) is 0 Å². The van der Waals surface area contributed by atoms with Gasteiger partial charge >= 0.3 is 0 Å². The van der Waals surface area contributed by atoms with Crippen LogP contribution in [-0.2, 0) is 15.9 Å². The van der Waals surface area contributed by atoms with Crippen LogP contribution >= 0.6 is 0 Å². The Hall–Kier alpha value is -2.35. The second-order valence-corrected chi connectivity index (χ2v) is 5.44. The fourth-order valence-corrected chi connectivity index (χ4v) is 2.73. The third-order valence-electron chi connectivity index (χ3n) is 2.99. The Morgan fingerprint density at radius 2 is 1.73 bits per heavy atom. The predicted molar refractivity (Wildman–Crippen MR) is 82.3 cm³/mol. The normalized spacial score (nSPS) is 13.7. The van der Waals surface area contributed by atoms with Crippen molar-refractivity contribution in [1.82, 2.24) is 10.5 Å². The van der Waals surface area contributed by atoms with E-state index in [-0.39, 0.29) is 0 Å². The number of nitrogens with one attached hydrogen (secondary N) is 1. The summed E-state index contributed by atoms with van der Waals surface area (Å²) in [6.07, 6.45) is 5.84. The Morgan fingerprint density at radius 3 is 2.27 bits per heavy atom. The monoisotopic (exact) mass is 318 g/mol. The van der Waals surface area contributed by atoms with Crippen LogP contribution in [0.1, 0.15) is 21.9 Å². The average molecular weight is 318 g/mol. The Morgan fingerprint density at radius 1 is 1.14 bits per heavy atom. The summed E-state index contributed by atoms with van der Waals surface area (Å²) in [6, 6.07) is 10.3. The first kappa shape index (κ1) is 16.0. The van der Waals surface area contributed by atoms with Crippen molar-refractivity contribution in [1.29, 1.82) is 0 Å². The molecule has 0 spiro atoms. The molecular formula is C15H14N2O4S. The number of amides is 1. The Labute approximate surface area is 129 Å². The molecule has 2 unspecified atom stereocenters. The van der Waals surface area contributed by atoms with Crippen LogP contribution in [-0.4, -0.2) is 24.9 Å². The Kier molecular flexibility index (Phi) is 5.54. The molecule has 0 bridgehead atoms. The third kappa shape index (κ3) is 4.08. The van der Waals surface area contributed by atoms with E-state index < -0.39 is 22.2 Å². The molecule has 2 rings (SSSR count). The van der Waals surface area contributed by atoms with Crippen molar-refractivity contribution < 1.29 is 18.8 Å². The molecule has 3 N–H and O–H groups in total. The van der Waals surface area contributed by atoms with E-state index in [2.05, 4.69) is 4.98 Å². The molecule has 1 aromatic carbocycles. The molecule has 0 aliphatic heterocycles. The molecule has 1 aromatic heterocycles. The minimum absolute atomic E-state index is 0.629. The van der Waals surface area contributed by atoms with Gasteiger partial charge in [0, 0.05) is 18.5 Å². The van der Waals surface area contributed by atoms with Crippen molar-refractivity contribution in [2.24, 2.45) is 0 Å². The first-order chi connectivity index (χ1) is 10.6. The number of aromatic nitrogens is 1. The largest absolute Gasteiger partial charge is 0.305 e. The number of rotatable bonds is 5. The van der Waals surface area contributed by atoms with Gasteiger partial charge in [-0.15, -0.1) is 0 Å². The summed E-state index contributed by atoms with van der Waals surface area (Å²) in [4.78, 5) is 14.8. The molecule has 0 saturated heterocycles. The number of nitrogens with zero attached hydrogens (tertiary/aromatic N) is 1. The highest BCUT2D eigenvalue weighted by Gasteiger charge is 2.19. The highest BCUT2D eigenvalue weighted by Crippen LogP contribution is 2.27. The number of hydrogen-bond acceptors (Lipinski definition) is 4. The lowest BCUT2D eigenvalue weighted by Crippen LogP contribution is -2.14. The standard InChI is InChI=1S/C15H14N2O4S/c18-14(17-19)6-3-11-1-4-12(5-2-11)15(22(20)21)13-7-9-16-10-8-13/h1-10,15,19H,(H,17,18)(H,20,21). The fraction of sp³-hybridized carbons (Fsp3) is 0.0667. The van der Waals surface area contributed by atoms with E-state index in [1.807, 2.05) is 0 Å². The van der Waals surface area contributed by atoms with Gasteiger partial charge in [-0.05, 0) is 34.9 Å². The number of benzene rings is 1. The summed E-state index contributed by atoms with van der Waals surface area (Å²) in [7, 11) is 0. The summed E-state index contributed by atoms with van der Waals surface area (Å²) in [6.45, 7) is 0. The maximum atomic E-state index is 11.6. The van der Waals surface area contributed by atoms with E-state index in [1.54, 1.807) is 48.8 Å². The molecule has 0 fully saturated rings. The van der Waals surface area contributed by atoms with Crippen LogP contribution in [0.5, 0.6) is 0 Å². The van der Waals surface area contributed by atoms with Crippen LogP contribution < -0.4 is 5.48 Å². The zero-order valence-corrected chi connectivity index (χ0v) is 12.2. The van der Waals surface area contributed by atoms with Crippen LogP contribution in [0, 0.1) is 0 Å². The Balaban J connectivity index is 2.26. The lowest BCUT2D eigenvalue weighted by atomic mass is 10.0. The van der Waals surface area contributed by atoms with Gasteiger partial charge in [0.25, 0.3) is 5.91 Å². The number of carbonyl (C=O) groups is 1. The molecule has 0 aliphatic rings. The lowest BCUT2D eigenvalue weighted by molar-refractivity contribution is -0.124. The second-order valence-electron chi connectivity index (χ2n) is 4.41. The van der Waals surface area contributed by atoms with E-state index >= 15 is 0 Å². The number of pyridine rings is 1. The second kappa shape index (κ2) is 7.60. The van der Waals surface area contributed by atoms with Crippen molar-refractivity contribution in [3.63, 3.8) is 0 Å². The van der Waals surface area contributed by atoms with Gasteiger partial charge in [-0.2, -0.15) is 0 Å². The van der Waals surface area contributed by atoms with Gasteiger partial charge in [0.2, 0.25) is 0 Å². The first-order valence-corrected chi connectivity index (χ1v) is 7.50. The van der Waals surface area contributed by atoms with E-state index in [0.717, 1.165) is 5.56 Å². The SMILES string of the molecule is O=C(C=Cc1ccc(C(c2ccncc2)S(=O)O)cc1)NO. The summed E-state index contributed by atoms with van der Waals surface area (Å²) in [5.41, 5.74) is 3.59. The van der Waals surface area contributed by atoms with Gasteiger partial charge in [-0.1, -0.05) is 24.3 Å². The fourth-order valence-electron chi connectivity index (χ4n) is 1.95. The minimum atomic E-state index is -2.07. The molecule has 0 saturated carbocycles. The first-order valence-electron chi connectivity index (χ1n) is 6.33. The van der Waals surface area contributed by atoms with E-state index in [9.17, 15) is 13.6 Å². The quantitative estimate of drug-likeness (QED) is 0.338. The minimum Gasteiger partial charge on any atom is -0.305 e. The average Bonchev–Trinajstić information content (AvgIpc) is 2.54. The van der Waals surface area contributed by atoms with Gasteiger partial charge in [0.05, 0.1) is 0 Å². The van der Waals surface area contributed by atoms with Crippen molar-refractivity contribution in [3.05, 3.63) is 71.6 Å². The molecule has 0 radical (unpaired) electrons. The van der Waals surface area contributed by atoms with Crippen molar-refractivity contribution in [3.8, 4) is 0 Å². The highest BCUT2D eigenvalue weighted by atomic mass is 32.2. The van der Waals surface area contributed by atoms with Crippen molar-refractivity contribution in [2.45, 2.75) is 5.25 Å². The topological polar surface area (TPSA) is 99.5 Å². The molecule has 1 heterocycles. The van der Waals surface area contributed by atoms with Gasteiger partial charge in [-0.3, -0.25) is 15.0 Å². The molecule has 2 atom stereocenters. The number of carbonyl (C=O) groups excluding carboxylic acids is 1. The summed E-state index contributed by atoms with van der Waals surface area (Å²) >= 11 is -2.07. The summed E-state index contributed by atoms with van der Waals surface area (Å²) < 4.78 is 21.2. The zero-order chi connectivity index (χ0) is 15.9. The molecule has 1 amide bonds. The van der Waals surface area contributed by atoms with Crippen LogP contribution in [0.3, 0.4) is 0 Å². The van der Waals surface area contributed by atoms with Crippen molar-refractivity contribution >= 4 is 23.1 Å². The lowest BCUT2D eigenvalue weighted by Gasteiger charge is -2.13. The predicted octanol–water partition coefficient (Wildman–Crippen LogP) is 1.91. The smallest absolute Gasteiger partial charge is 0.267 e. The third-order valence-corrected chi connectivity index (χ3v) is 3.93. The molecule has 0 aliphatic carbocycles. The maximum absolute atomic E-state index is 11.6. The van der Waals surface area contributed by atoms with Gasteiger partial charge in [0.15, 0.2) is 11.1 Å². The molecule has 114 valence electrons. The Bertz CT molecular complexity index is 686. The van der Waals surface area contributed by atoms with E-state index in [4.69, 9.17) is 5.21 Å². The van der Waals surface area contributed by atoms with E-state index in [1.165, 1.54) is 17.6 Å². The van der Waals surface area contributed by atoms with E-state index in [0.29, 0.717) is 11.1 Å². The maximum Gasteiger partial charge on any atom is 0.267 e. The summed E-state index contributed by atoms with van der Waals surface area (Å²) in [5.74, 6) is -0.629. The molecule has 6 nitrogen and oxygen atoms in total. The van der Waals surface area contributed by atoms with Crippen molar-refractivity contribution in [2.75, 3.05) is 0 Å². The molecule has 7 heteroatoms. The van der Waals surface area contributed by atoms with Gasteiger partial charge < -0.3 is 4.55 Å². The zero-order valence-electron chi connectivity index (χ0n) is 11.4. The molecular weight excluding hydrogens is 304 g/mol. The van der Waals surface area contributed by atoms with Gasteiger partial charge in [0.1, 0.15) is 5.25 Å². The number of hydrogen-bond donors (Lipinski definition) is 3. The number of hydroxylamine groups is 1. The van der Waals surface area contributed by atoms with Crippen LogP contribution in [0.15, 0.2) is 54.9 Å². The van der Waals surface area contributed by atoms with Gasteiger partial charge in [-0.25, -0.2) is 9.69 Å². The van der Waals surface area contributed by atoms with Crippen LogP contribution in [0.4, 0.5) is 0 Å². The summed E-state index contributed by atoms with van der Waals surface area (Å²) in [5, 5.41) is 7.73. The molecule has 2 aromatic rings. The van der Waals surface area contributed by atoms with Crippen LogP contribution in [0.25, 0.3) is 6.08 Å². The molecule has 22 heavy (non-hydrogen) atoms.